The fourth-order valence-electron chi connectivity index (χ4n) is 2.72. The molecule has 1 aromatic carbocycles. The number of Topliss-reactive ketones (excluding diaryl/α,β-unsaturated/α-hetero) is 1. The lowest BCUT2D eigenvalue weighted by Crippen LogP contribution is -2.39. The fraction of sp³-hybridized carbons (Fsp3) is 0.533. The Morgan fingerprint density at radius 3 is 2.59 bits per heavy atom. The Bertz CT molecular complexity index is 377. The molecule has 1 aliphatic rings. The molecule has 0 spiro atoms. The molecule has 1 unspecified atom stereocenters. The van der Waals surface area contributed by atoms with E-state index in [0.29, 0.717) is 18.1 Å². The van der Waals surface area contributed by atoms with E-state index in [2.05, 4.69) is 19.2 Å². The Labute approximate surface area is 103 Å². The highest BCUT2D eigenvalue weighted by molar-refractivity contribution is 5.87. The molecule has 2 rings (SSSR count). The van der Waals surface area contributed by atoms with Crippen LogP contribution in [-0.4, -0.2) is 18.9 Å². The van der Waals surface area contributed by atoms with Crippen molar-refractivity contribution in [1.29, 1.82) is 0 Å². The number of hydrogen-bond donors (Lipinski definition) is 1. The number of benzene rings is 1. The van der Waals surface area contributed by atoms with Crippen LogP contribution in [0.25, 0.3) is 0 Å². The second kappa shape index (κ2) is 5.01. The number of nitrogens with one attached hydrogen (secondary N) is 1. The maximum atomic E-state index is 12.5. The first-order chi connectivity index (χ1) is 8.15. The zero-order valence-electron chi connectivity index (χ0n) is 10.7. The first-order valence-electron chi connectivity index (χ1n) is 6.43. The van der Waals surface area contributed by atoms with E-state index in [1.807, 2.05) is 30.3 Å². The van der Waals surface area contributed by atoms with E-state index < -0.39 is 0 Å². The molecule has 1 saturated heterocycles. The molecule has 1 heterocycles. The molecule has 0 saturated carbocycles. The molecule has 17 heavy (non-hydrogen) atoms. The Hall–Kier alpha value is -1.15. The number of carbonyl (C=O) groups is 1. The third kappa shape index (κ3) is 2.42. The van der Waals surface area contributed by atoms with Gasteiger partial charge in [0.15, 0.2) is 0 Å². The zero-order chi connectivity index (χ0) is 12.3. The molecule has 0 aromatic heterocycles. The standard InChI is InChI=1S/C15H21NO/c1-12(2)15(8-9-16-11-15)14(17)10-13-6-4-3-5-7-13/h3-7,12,16H,8-11H2,1-2H3. The minimum Gasteiger partial charge on any atom is -0.316 e. The van der Waals surface area contributed by atoms with Crippen LogP contribution in [0.3, 0.4) is 0 Å². The van der Waals surface area contributed by atoms with E-state index in [-0.39, 0.29) is 5.41 Å². The summed E-state index contributed by atoms with van der Waals surface area (Å²) in [6.07, 6.45) is 1.55. The van der Waals surface area contributed by atoms with Crippen molar-refractivity contribution in [2.45, 2.75) is 26.7 Å². The SMILES string of the molecule is CC(C)C1(C(=O)Cc2ccccc2)CCNC1. The number of ketones is 1. The van der Waals surface area contributed by atoms with Gasteiger partial charge in [0, 0.05) is 18.4 Å². The van der Waals surface area contributed by atoms with Crippen molar-refractivity contribution in [2.75, 3.05) is 13.1 Å². The van der Waals surface area contributed by atoms with Gasteiger partial charge < -0.3 is 5.32 Å². The molecule has 1 fully saturated rings. The van der Waals surface area contributed by atoms with Crippen LogP contribution >= 0.6 is 0 Å². The molecule has 1 aliphatic heterocycles. The Morgan fingerprint density at radius 2 is 2.06 bits per heavy atom. The molecule has 92 valence electrons. The summed E-state index contributed by atoms with van der Waals surface area (Å²) in [6, 6.07) is 10.1. The summed E-state index contributed by atoms with van der Waals surface area (Å²) in [5.74, 6) is 0.803. The van der Waals surface area contributed by atoms with Gasteiger partial charge in [-0.1, -0.05) is 44.2 Å². The van der Waals surface area contributed by atoms with E-state index in [1.165, 1.54) is 0 Å². The van der Waals surface area contributed by atoms with Gasteiger partial charge in [0.1, 0.15) is 5.78 Å². The highest BCUT2D eigenvalue weighted by Gasteiger charge is 2.42. The Morgan fingerprint density at radius 1 is 1.35 bits per heavy atom. The highest BCUT2D eigenvalue weighted by atomic mass is 16.1. The summed E-state index contributed by atoms with van der Waals surface area (Å²) < 4.78 is 0. The van der Waals surface area contributed by atoms with Crippen molar-refractivity contribution in [3.8, 4) is 0 Å². The summed E-state index contributed by atoms with van der Waals surface area (Å²) in [5.41, 5.74) is 0.986. The molecule has 0 amide bonds. The molecular weight excluding hydrogens is 210 g/mol. The second-order valence-corrected chi connectivity index (χ2v) is 5.32. The van der Waals surface area contributed by atoms with E-state index in [9.17, 15) is 4.79 Å². The first kappa shape index (κ1) is 12.3. The van der Waals surface area contributed by atoms with Gasteiger partial charge in [-0.25, -0.2) is 0 Å². The Kier molecular flexibility index (Phi) is 3.63. The number of hydrogen-bond acceptors (Lipinski definition) is 2. The molecule has 1 aromatic rings. The maximum Gasteiger partial charge on any atom is 0.144 e. The topological polar surface area (TPSA) is 29.1 Å². The van der Waals surface area contributed by atoms with Crippen molar-refractivity contribution in [1.82, 2.24) is 5.32 Å². The van der Waals surface area contributed by atoms with Gasteiger partial charge in [-0.15, -0.1) is 0 Å². The lowest BCUT2D eigenvalue weighted by atomic mass is 9.71. The van der Waals surface area contributed by atoms with Gasteiger partial charge in [0.05, 0.1) is 0 Å². The molecule has 2 heteroatoms. The average Bonchev–Trinajstić information content (AvgIpc) is 2.80. The van der Waals surface area contributed by atoms with Crippen molar-refractivity contribution < 1.29 is 4.79 Å². The molecular formula is C15H21NO. The largest absolute Gasteiger partial charge is 0.316 e. The predicted molar refractivity (Wildman–Crippen MR) is 69.9 cm³/mol. The molecule has 1 atom stereocenters. The normalized spacial score (nSPS) is 24.2. The third-order valence-electron chi connectivity index (χ3n) is 4.06. The van der Waals surface area contributed by atoms with Crippen LogP contribution in [0, 0.1) is 11.3 Å². The van der Waals surface area contributed by atoms with Gasteiger partial charge in [0.25, 0.3) is 0 Å². The molecule has 0 aliphatic carbocycles. The van der Waals surface area contributed by atoms with Crippen LogP contribution < -0.4 is 5.32 Å². The average molecular weight is 231 g/mol. The molecule has 2 nitrogen and oxygen atoms in total. The lowest BCUT2D eigenvalue weighted by Gasteiger charge is -2.31. The highest BCUT2D eigenvalue weighted by Crippen LogP contribution is 2.36. The van der Waals surface area contributed by atoms with Crippen LogP contribution in [0.5, 0.6) is 0 Å². The van der Waals surface area contributed by atoms with Crippen molar-refractivity contribution in [3.05, 3.63) is 35.9 Å². The van der Waals surface area contributed by atoms with Gasteiger partial charge in [0.2, 0.25) is 0 Å². The van der Waals surface area contributed by atoms with Crippen LogP contribution in [0.4, 0.5) is 0 Å². The van der Waals surface area contributed by atoms with E-state index in [0.717, 1.165) is 25.1 Å². The zero-order valence-corrected chi connectivity index (χ0v) is 10.7. The monoisotopic (exact) mass is 231 g/mol. The molecule has 0 radical (unpaired) electrons. The smallest absolute Gasteiger partial charge is 0.144 e. The van der Waals surface area contributed by atoms with Crippen LogP contribution in [0.15, 0.2) is 30.3 Å². The van der Waals surface area contributed by atoms with Crippen LogP contribution in [0.1, 0.15) is 25.8 Å². The van der Waals surface area contributed by atoms with Gasteiger partial charge in [-0.05, 0) is 24.4 Å². The minimum atomic E-state index is -0.143. The van der Waals surface area contributed by atoms with Crippen LogP contribution in [0.2, 0.25) is 0 Å². The number of carbonyl (C=O) groups excluding carboxylic acids is 1. The quantitative estimate of drug-likeness (QED) is 0.862. The van der Waals surface area contributed by atoms with E-state index in [1.54, 1.807) is 0 Å². The van der Waals surface area contributed by atoms with Crippen LogP contribution in [-0.2, 0) is 11.2 Å². The number of rotatable bonds is 4. The third-order valence-corrected chi connectivity index (χ3v) is 4.06. The summed E-state index contributed by atoms with van der Waals surface area (Å²) in [6.45, 7) is 6.14. The van der Waals surface area contributed by atoms with Gasteiger partial charge in [-0.2, -0.15) is 0 Å². The maximum absolute atomic E-state index is 12.5. The summed E-state index contributed by atoms with van der Waals surface area (Å²) in [5, 5.41) is 3.34. The summed E-state index contributed by atoms with van der Waals surface area (Å²) >= 11 is 0. The summed E-state index contributed by atoms with van der Waals surface area (Å²) in [4.78, 5) is 12.5. The lowest BCUT2D eigenvalue weighted by molar-refractivity contribution is -0.129. The van der Waals surface area contributed by atoms with Gasteiger partial charge in [-0.3, -0.25) is 4.79 Å². The Balaban J connectivity index is 2.13. The van der Waals surface area contributed by atoms with E-state index in [4.69, 9.17) is 0 Å². The molecule has 0 bridgehead atoms. The molecule has 1 N–H and O–H groups in total. The fourth-order valence-corrected chi connectivity index (χ4v) is 2.72. The van der Waals surface area contributed by atoms with Crippen molar-refractivity contribution >= 4 is 5.78 Å². The summed E-state index contributed by atoms with van der Waals surface area (Å²) in [7, 11) is 0. The second-order valence-electron chi connectivity index (χ2n) is 5.32. The van der Waals surface area contributed by atoms with E-state index >= 15 is 0 Å². The van der Waals surface area contributed by atoms with Gasteiger partial charge >= 0.3 is 0 Å². The predicted octanol–water partition coefficient (Wildman–Crippen LogP) is 2.43. The van der Waals surface area contributed by atoms with Crippen molar-refractivity contribution in [3.63, 3.8) is 0 Å². The van der Waals surface area contributed by atoms with Crippen molar-refractivity contribution in [2.24, 2.45) is 11.3 Å². The minimum absolute atomic E-state index is 0.143. The first-order valence-corrected chi connectivity index (χ1v) is 6.43.